The number of hydrogen-bond donors (Lipinski definition) is 0. The first-order valence-electron chi connectivity index (χ1n) is 22.4. The van der Waals surface area contributed by atoms with Gasteiger partial charge < -0.3 is 0 Å². The highest BCUT2D eigenvalue weighted by Gasteiger charge is 2.25. The van der Waals surface area contributed by atoms with E-state index in [1.165, 1.54) is 0 Å². The van der Waals surface area contributed by atoms with E-state index in [0.717, 1.165) is 101 Å². The van der Waals surface area contributed by atoms with Gasteiger partial charge in [0.15, 0.2) is 17.5 Å². The quantitative estimate of drug-likeness (QED) is 0.139. The van der Waals surface area contributed by atoms with Crippen molar-refractivity contribution in [2.75, 3.05) is 0 Å². The maximum Gasteiger partial charge on any atom is 0.166 e. The standard InChI is InChI=1S/C57H36N12/c1-7-19-46(67-49-22-10-4-16-43(49)61-55(67)37-25-31-58-32-26-37)40(13-1)52-64-53(41-14-2-8-20-47(41)68-50-23-11-5-17-44(50)62-56(68)38-27-33-59-34-28-38)66-54(65-52)42-15-3-9-21-48(42)69-51-24-12-6-18-45(51)63-57(69)39-29-35-60-36-30-39/h1-36H. The Kier molecular flexibility index (Phi) is 9.49. The number of fused-ring (bicyclic) bond motifs is 3. The molecule has 6 aromatic carbocycles. The smallest absolute Gasteiger partial charge is 0.166 e. The van der Waals surface area contributed by atoms with Crippen LogP contribution in [0.3, 0.4) is 0 Å². The third-order valence-electron chi connectivity index (χ3n) is 12.3. The summed E-state index contributed by atoms with van der Waals surface area (Å²) in [6.45, 7) is 0. The summed E-state index contributed by atoms with van der Waals surface area (Å²) in [6, 6.07) is 61.0. The van der Waals surface area contributed by atoms with Gasteiger partial charge in [0.05, 0.1) is 50.2 Å². The second-order valence-electron chi connectivity index (χ2n) is 16.3. The summed E-state index contributed by atoms with van der Waals surface area (Å²) < 4.78 is 6.55. The Morgan fingerprint density at radius 1 is 0.246 bits per heavy atom. The first kappa shape index (κ1) is 39.5. The number of pyridine rings is 3. The van der Waals surface area contributed by atoms with Crippen LogP contribution in [0.25, 0.3) is 118 Å². The lowest BCUT2D eigenvalue weighted by Crippen LogP contribution is -2.07. The molecular weight excluding hydrogens is 853 g/mol. The van der Waals surface area contributed by atoms with Gasteiger partial charge in [0.1, 0.15) is 17.5 Å². The third-order valence-corrected chi connectivity index (χ3v) is 12.3. The van der Waals surface area contributed by atoms with Crippen LogP contribution in [-0.2, 0) is 0 Å². The molecule has 0 aliphatic rings. The van der Waals surface area contributed by atoms with E-state index < -0.39 is 0 Å². The molecular formula is C57H36N12. The summed E-state index contributed by atoms with van der Waals surface area (Å²) in [6.07, 6.45) is 10.7. The molecule has 7 aromatic heterocycles. The van der Waals surface area contributed by atoms with E-state index in [-0.39, 0.29) is 0 Å². The molecule has 0 N–H and O–H groups in total. The van der Waals surface area contributed by atoms with Gasteiger partial charge in [-0.15, -0.1) is 0 Å². The Morgan fingerprint density at radius 2 is 0.507 bits per heavy atom. The number of para-hydroxylation sites is 9. The molecule has 0 spiro atoms. The van der Waals surface area contributed by atoms with Crippen molar-refractivity contribution in [1.82, 2.24) is 58.6 Å². The number of benzene rings is 6. The molecule has 0 aliphatic heterocycles. The molecule has 69 heavy (non-hydrogen) atoms. The van der Waals surface area contributed by atoms with Crippen molar-refractivity contribution in [2.24, 2.45) is 0 Å². The average Bonchev–Trinajstić information content (AvgIpc) is 4.14. The molecule has 0 amide bonds. The van der Waals surface area contributed by atoms with Crippen molar-refractivity contribution < 1.29 is 0 Å². The summed E-state index contributed by atoms with van der Waals surface area (Å²) in [5.41, 5.74) is 13.1. The molecule has 0 unspecified atom stereocenters. The zero-order chi connectivity index (χ0) is 45.7. The number of hydrogen-bond acceptors (Lipinski definition) is 9. The number of aromatic nitrogens is 12. The molecule has 0 saturated carbocycles. The highest BCUT2D eigenvalue weighted by Crippen LogP contribution is 2.39. The van der Waals surface area contributed by atoms with Gasteiger partial charge in [-0.2, -0.15) is 0 Å². The predicted octanol–water partition coefficient (Wildman–Crippen LogP) is 12.1. The van der Waals surface area contributed by atoms with E-state index in [2.05, 4.69) is 83.3 Å². The van der Waals surface area contributed by atoms with Crippen molar-refractivity contribution >= 4 is 33.1 Å². The van der Waals surface area contributed by atoms with Crippen LogP contribution in [0.4, 0.5) is 0 Å². The fourth-order valence-corrected chi connectivity index (χ4v) is 9.20. The van der Waals surface area contributed by atoms with Crippen LogP contribution < -0.4 is 0 Å². The molecule has 13 rings (SSSR count). The lowest BCUT2D eigenvalue weighted by atomic mass is 10.1. The van der Waals surface area contributed by atoms with E-state index in [9.17, 15) is 0 Å². The summed E-state index contributed by atoms with van der Waals surface area (Å²) in [7, 11) is 0. The van der Waals surface area contributed by atoms with Gasteiger partial charge in [0.25, 0.3) is 0 Å². The molecule has 0 saturated heterocycles. The molecule has 0 bridgehead atoms. The second-order valence-corrected chi connectivity index (χ2v) is 16.3. The van der Waals surface area contributed by atoms with Gasteiger partial charge in [0.2, 0.25) is 0 Å². The molecule has 7 heterocycles. The Labute approximate surface area is 394 Å². The van der Waals surface area contributed by atoms with Crippen LogP contribution in [0.2, 0.25) is 0 Å². The maximum absolute atomic E-state index is 5.48. The van der Waals surface area contributed by atoms with E-state index in [1.807, 2.05) is 127 Å². The minimum atomic E-state index is 0.475. The molecule has 0 radical (unpaired) electrons. The molecule has 0 aliphatic carbocycles. The van der Waals surface area contributed by atoms with E-state index >= 15 is 0 Å². The summed E-state index contributed by atoms with van der Waals surface area (Å²) in [4.78, 5) is 44.9. The molecule has 0 atom stereocenters. The minimum absolute atomic E-state index is 0.475. The highest BCUT2D eigenvalue weighted by molar-refractivity contribution is 5.90. The first-order valence-corrected chi connectivity index (χ1v) is 22.4. The normalized spacial score (nSPS) is 11.5. The van der Waals surface area contributed by atoms with E-state index in [0.29, 0.717) is 17.5 Å². The number of rotatable bonds is 9. The molecule has 324 valence electrons. The van der Waals surface area contributed by atoms with E-state index in [1.54, 1.807) is 37.2 Å². The summed E-state index contributed by atoms with van der Waals surface area (Å²) >= 11 is 0. The zero-order valence-corrected chi connectivity index (χ0v) is 36.7. The molecule has 12 nitrogen and oxygen atoms in total. The van der Waals surface area contributed by atoms with Gasteiger partial charge in [-0.25, -0.2) is 29.9 Å². The third kappa shape index (κ3) is 6.82. The van der Waals surface area contributed by atoms with Crippen LogP contribution in [0.1, 0.15) is 0 Å². The topological polar surface area (TPSA) is 131 Å². The molecule has 12 heteroatoms. The average molecular weight is 889 g/mol. The van der Waals surface area contributed by atoms with Gasteiger partial charge >= 0.3 is 0 Å². The monoisotopic (exact) mass is 888 g/mol. The lowest BCUT2D eigenvalue weighted by molar-refractivity contribution is 1.03. The Balaban J connectivity index is 1.10. The Bertz CT molecular complexity index is 3600. The fraction of sp³-hybridized carbons (Fsp3) is 0. The van der Waals surface area contributed by atoms with Gasteiger partial charge in [0, 0.05) is 70.6 Å². The van der Waals surface area contributed by atoms with Crippen molar-refractivity contribution in [1.29, 1.82) is 0 Å². The van der Waals surface area contributed by atoms with E-state index in [4.69, 9.17) is 29.9 Å². The summed E-state index contributed by atoms with van der Waals surface area (Å²) in [5.74, 6) is 3.72. The Morgan fingerprint density at radius 3 is 0.812 bits per heavy atom. The van der Waals surface area contributed by atoms with Crippen LogP contribution in [0.5, 0.6) is 0 Å². The van der Waals surface area contributed by atoms with Crippen LogP contribution in [-0.4, -0.2) is 58.6 Å². The number of imidazole rings is 3. The minimum Gasteiger partial charge on any atom is -0.292 e. The second kappa shape index (κ2) is 16.6. The van der Waals surface area contributed by atoms with Crippen molar-refractivity contribution in [3.05, 3.63) is 219 Å². The van der Waals surface area contributed by atoms with Crippen LogP contribution >= 0.6 is 0 Å². The highest BCUT2D eigenvalue weighted by atomic mass is 15.1. The lowest BCUT2D eigenvalue weighted by Gasteiger charge is -2.18. The zero-order valence-electron chi connectivity index (χ0n) is 36.7. The number of nitrogens with zero attached hydrogens (tertiary/aromatic N) is 12. The van der Waals surface area contributed by atoms with Gasteiger partial charge in [-0.1, -0.05) is 72.8 Å². The van der Waals surface area contributed by atoms with Gasteiger partial charge in [-0.3, -0.25) is 28.7 Å². The Hall–Kier alpha value is -9.81. The van der Waals surface area contributed by atoms with Crippen molar-refractivity contribution in [3.63, 3.8) is 0 Å². The van der Waals surface area contributed by atoms with Crippen molar-refractivity contribution in [2.45, 2.75) is 0 Å². The predicted molar refractivity (Wildman–Crippen MR) is 270 cm³/mol. The SMILES string of the molecule is c1ccc(-n2c(-c3ccncc3)nc3ccccc32)c(-c2nc(-c3ccccc3-n3c(-c4ccncc4)nc4ccccc43)nc(-c3ccccc3-n3c(-c4ccncc4)nc4ccccc43)n2)c1. The van der Waals surface area contributed by atoms with Gasteiger partial charge in [-0.05, 0) is 109 Å². The molecule has 13 aromatic rings. The van der Waals surface area contributed by atoms with Crippen LogP contribution in [0, 0.1) is 0 Å². The first-order chi connectivity index (χ1) is 34.2. The fourth-order valence-electron chi connectivity index (χ4n) is 9.20. The molecule has 0 fully saturated rings. The van der Waals surface area contributed by atoms with Crippen molar-refractivity contribution in [3.8, 4) is 85.4 Å². The largest absolute Gasteiger partial charge is 0.292 e. The van der Waals surface area contributed by atoms with Crippen LogP contribution in [0.15, 0.2) is 219 Å². The summed E-state index contributed by atoms with van der Waals surface area (Å²) in [5, 5.41) is 0. The maximum atomic E-state index is 5.48.